The van der Waals surface area contributed by atoms with E-state index >= 15 is 0 Å². The molecule has 0 radical (unpaired) electrons. The van der Waals surface area contributed by atoms with Crippen molar-refractivity contribution >= 4 is 23.4 Å². The molecule has 0 unspecified atom stereocenters. The molecule has 0 spiro atoms. The lowest BCUT2D eigenvalue weighted by Gasteiger charge is -2.29. The SMILES string of the molecule is Nc1ncc(COc2ccc(Cl)cc2)c(N2CCOCC2)n1. The van der Waals surface area contributed by atoms with E-state index in [1.54, 1.807) is 18.3 Å². The van der Waals surface area contributed by atoms with Crippen LogP contribution in [0.2, 0.25) is 5.02 Å². The number of rotatable bonds is 4. The Labute approximate surface area is 133 Å². The molecule has 2 aromatic rings. The van der Waals surface area contributed by atoms with Crippen LogP contribution >= 0.6 is 11.6 Å². The maximum absolute atomic E-state index is 5.87. The molecule has 0 amide bonds. The molecule has 1 fully saturated rings. The Kier molecular flexibility index (Phi) is 4.60. The molecular weight excluding hydrogens is 304 g/mol. The second-order valence-corrected chi connectivity index (χ2v) is 5.36. The van der Waals surface area contributed by atoms with Crippen molar-refractivity contribution in [2.45, 2.75) is 6.61 Å². The van der Waals surface area contributed by atoms with Crippen molar-refractivity contribution in [1.82, 2.24) is 9.97 Å². The summed E-state index contributed by atoms with van der Waals surface area (Å²) in [6.45, 7) is 3.30. The monoisotopic (exact) mass is 320 g/mol. The van der Waals surface area contributed by atoms with Gasteiger partial charge in [-0.3, -0.25) is 0 Å². The van der Waals surface area contributed by atoms with Crippen molar-refractivity contribution in [2.75, 3.05) is 36.9 Å². The summed E-state index contributed by atoms with van der Waals surface area (Å²) in [4.78, 5) is 10.6. The molecule has 1 aromatic carbocycles. The zero-order chi connectivity index (χ0) is 15.4. The van der Waals surface area contributed by atoms with Gasteiger partial charge in [0.15, 0.2) is 0 Å². The van der Waals surface area contributed by atoms with Crippen LogP contribution in [-0.4, -0.2) is 36.3 Å². The third-order valence-corrected chi connectivity index (χ3v) is 3.63. The molecule has 22 heavy (non-hydrogen) atoms. The van der Waals surface area contributed by atoms with Gasteiger partial charge in [-0.25, -0.2) is 4.98 Å². The molecule has 1 aliphatic rings. The molecule has 7 heteroatoms. The van der Waals surface area contributed by atoms with E-state index in [-0.39, 0.29) is 5.95 Å². The molecule has 3 rings (SSSR count). The molecule has 0 bridgehead atoms. The predicted octanol–water partition coefficient (Wildman–Crippen LogP) is 2.13. The number of hydrogen-bond donors (Lipinski definition) is 1. The van der Waals surface area contributed by atoms with E-state index in [1.165, 1.54) is 0 Å². The zero-order valence-corrected chi connectivity index (χ0v) is 12.8. The van der Waals surface area contributed by atoms with Crippen molar-refractivity contribution in [2.24, 2.45) is 0 Å². The van der Waals surface area contributed by atoms with Crippen molar-refractivity contribution in [3.05, 3.63) is 41.0 Å². The van der Waals surface area contributed by atoms with Gasteiger partial charge in [0.1, 0.15) is 18.2 Å². The Morgan fingerprint density at radius 3 is 2.68 bits per heavy atom. The first kappa shape index (κ1) is 14.9. The van der Waals surface area contributed by atoms with Crippen LogP contribution in [0.3, 0.4) is 0 Å². The van der Waals surface area contributed by atoms with Gasteiger partial charge in [-0.2, -0.15) is 4.98 Å². The van der Waals surface area contributed by atoms with Gasteiger partial charge in [-0.05, 0) is 24.3 Å². The van der Waals surface area contributed by atoms with E-state index < -0.39 is 0 Å². The van der Waals surface area contributed by atoms with Gasteiger partial charge in [0.05, 0.1) is 18.8 Å². The Balaban J connectivity index is 1.76. The highest BCUT2D eigenvalue weighted by molar-refractivity contribution is 6.30. The lowest BCUT2D eigenvalue weighted by Crippen LogP contribution is -2.37. The quantitative estimate of drug-likeness (QED) is 0.930. The molecule has 0 atom stereocenters. The van der Waals surface area contributed by atoms with Crippen LogP contribution in [0.1, 0.15) is 5.56 Å². The molecule has 1 aromatic heterocycles. The molecule has 2 N–H and O–H groups in total. The number of aromatic nitrogens is 2. The molecule has 1 saturated heterocycles. The topological polar surface area (TPSA) is 73.5 Å². The van der Waals surface area contributed by atoms with E-state index in [2.05, 4.69) is 14.9 Å². The summed E-state index contributed by atoms with van der Waals surface area (Å²) in [6, 6.07) is 7.24. The van der Waals surface area contributed by atoms with Gasteiger partial charge < -0.3 is 20.1 Å². The molecule has 6 nitrogen and oxygen atoms in total. The van der Waals surface area contributed by atoms with Gasteiger partial charge in [-0.15, -0.1) is 0 Å². The normalized spacial score (nSPS) is 14.9. The van der Waals surface area contributed by atoms with Crippen LogP contribution < -0.4 is 15.4 Å². The minimum Gasteiger partial charge on any atom is -0.489 e. The number of benzene rings is 1. The molecular formula is C15H17ClN4O2. The second kappa shape index (κ2) is 6.81. The lowest BCUT2D eigenvalue weighted by molar-refractivity contribution is 0.122. The third-order valence-electron chi connectivity index (χ3n) is 3.38. The highest BCUT2D eigenvalue weighted by Gasteiger charge is 2.17. The third kappa shape index (κ3) is 3.58. The van der Waals surface area contributed by atoms with Crippen molar-refractivity contribution < 1.29 is 9.47 Å². The smallest absolute Gasteiger partial charge is 0.221 e. The lowest BCUT2D eigenvalue weighted by atomic mass is 10.2. The van der Waals surface area contributed by atoms with Crippen molar-refractivity contribution in [1.29, 1.82) is 0 Å². The minimum absolute atomic E-state index is 0.261. The summed E-state index contributed by atoms with van der Waals surface area (Å²) in [5.74, 6) is 1.82. The van der Waals surface area contributed by atoms with Gasteiger partial charge in [0, 0.05) is 24.3 Å². The first-order valence-electron chi connectivity index (χ1n) is 7.05. The summed E-state index contributed by atoms with van der Waals surface area (Å²) in [5.41, 5.74) is 6.62. The van der Waals surface area contributed by atoms with Crippen LogP contribution in [0, 0.1) is 0 Å². The van der Waals surface area contributed by atoms with Crippen LogP contribution in [0.15, 0.2) is 30.5 Å². The minimum atomic E-state index is 0.261. The fourth-order valence-electron chi connectivity index (χ4n) is 2.25. The first-order valence-corrected chi connectivity index (χ1v) is 7.42. The largest absolute Gasteiger partial charge is 0.489 e. The van der Waals surface area contributed by atoms with Crippen LogP contribution in [0.4, 0.5) is 11.8 Å². The number of anilines is 2. The fraction of sp³-hybridized carbons (Fsp3) is 0.333. The van der Waals surface area contributed by atoms with E-state index in [0.29, 0.717) is 24.8 Å². The first-order chi connectivity index (χ1) is 10.7. The van der Waals surface area contributed by atoms with Crippen LogP contribution in [-0.2, 0) is 11.3 Å². The number of nitrogen functional groups attached to an aromatic ring is 1. The Hall–Kier alpha value is -2.05. The van der Waals surface area contributed by atoms with Gasteiger partial charge in [0.2, 0.25) is 5.95 Å². The maximum atomic E-state index is 5.87. The maximum Gasteiger partial charge on any atom is 0.221 e. The van der Waals surface area contributed by atoms with Gasteiger partial charge in [0.25, 0.3) is 0 Å². The summed E-state index contributed by atoms with van der Waals surface area (Å²) in [7, 11) is 0. The Morgan fingerprint density at radius 1 is 1.23 bits per heavy atom. The molecule has 116 valence electrons. The Morgan fingerprint density at radius 2 is 1.95 bits per heavy atom. The molecule has 1 aliphatic heterocycles. The van der Waals surface area contributed by atoms with Gasteiger partial charge >= 0.3 is 0 Å². The number of nitrogens with zero attached hydrogens (tertiary/aromatic N) is 3. The average Bonchev–Trinajstić information content (AvgIpc) is 2.56. The molecule has 0 saturated carbocycles. The van der Waals surface area contributed by atoms with Gasteiger partial charge in [-0.1, -0.05) is 11.6 Å². The number of ether oxygens (including phenoxy) is 2. The summed E-state index contributed by atoms with van der Waals surface area (Å²) in [5, 5.41) is 0.678. The standard InChI is InChI=1S/C15H17ClN4O2/c16-12-1-3-13(4-2-12)22-10-11-9-18-15(17)19-14(11)20-5-7-21-8-6-20/h1-4,9H,5-8,10H2,(H2,17,18,19). The average molecular weight is 321 g/mol. The van der Waals surface area contributed by atoms with E-state index in [0.717, 1.165) is 30.2 Å². The van der Waals surface area contributed by atoms with Crippen molar-refractivity contribution in [3.8, 4) is 5.75 Å². The van der Waals surface area contributed by atoms with Crippen LogP contribution in [0.5, 0.6) is 5.75 Å². The highest BCUT2D eigenvalue weighted by Crippen LogP contribution is 2.22. The fourth-order valence-corrected chi connectivity index (χ4v) is 2.38. The summed E-state index contributed by atoms with van der Waals surface area (Å²) >= 11 is 5.87. The Bertz CT molecular complexity index is 630. The number of morpholine rings is 1. The van der Waals surface area contributed by atoms with Crippen molar-refractivity contribution in [3.63, 3.8) is 0 Å². The van der Waals surface area contributed by atoms with Crippen LogP contribution in [0.25, 0.3) is 0 Å². The number of nitrogens with two attached hydrogens (primary N) is 1. The number of halogens is 1. The highest BCUT2D eigenvalue weighted by atomic mass is 35.5. The van der Waals surface area contributed by atoms with E-state index in [1.807, 2.05) is 12.1 Å². The molecule has 2 heterocycles. The zero-order valence-electron chi connectivity index (χ0n) is 12.0. The number of hydrogen-bond acceptors (Lipinski definition) is 6. The second-order valence-electron chi connectivity index (χ2n) is 4.92. The summed E-state index contributed by atoms with van der Waals surface area (Å²) < 4.78 is 11.2. The summed E-state index contributed by atoms with van der Waals surface area (Å²) in [6.07, 6.45) is 1.71. The predicted molar refractivity (Wildman–Crippen MR) is 85.3 cm³/mol. The molecule has 0 aliphatic carbocycles. The van der Waals surface area contributed by atoms with E-state index in [4.69, 9.17) is 26.8 Å². The van der Waals surface area contributed by atoms with E-state index in [9.17, 15) is 0 Å².